The molecule has 1 N–H and O–H groups in total. The molecule has 1 amide bonds. The molecule has 0 aliphatic carbocycles. The first-order valence-electron chi connectivity index (χ1n) is 9.58. The maximum atomic E-state index is 12.2. The Morgan fingerprint density at radius 2 is 1.59 bits per heavy atom. The van der Waals surface area contributed by atoms with Crippen LogP contribution in [0, 0.1) is 20.2 Å². The Hall–Kier alpha value is -5.00. The molecule has 0 bridgehead atoms. The fourth-order valence-corrected chi connectivity index (χ4v) is 2.79. The molecule has 3 aromatic carbocycles. The molecule has 0 spiro atoms. The summed E-state index contributed by atoms with van der Waals surface area (Å²) in [6.07, 6.45) is 1.38. The second kappa shape index (κ2) is 10.5. The highest BCUT2D eigenvalue weighted by atomic mass is 16.6. The lowest BCUT2D eigenvalue weighted by Gasteiger charge is -2.11. The minimum Gasteiger partial charge on any atom is -0.497 e. The number of hydrogen-bond donors (Lipinski definition) is 1. The van der Waals surface area contributed by atoms with Crippen molar-refractivity contribution in [1.82, 2.24) is 5.43 Å². The Kier molecular flexibility index (Phi) is 7.34. The van der Waals surface area contributed by atoms with E-state index in [1.807, 2.05) is 0 Å². The summed E-state index contributed by atoms with van der Waals surface area (Å²) in [6.45, 7) is 0. The first-order valence-corrected chi connectivity index (χ1v) is 9.58. The SMILES string of the molecule is COc1ccc(C(=O)NN=Cc2ccc(Oc3ccc([N+](=O)[O-])cc3[N+](=O)[O-])c(OC)c2)cc1. The van der Waals surface area contributed by atoms with E-state index >= 15 is 0 Å². The number of nitrogens with one attached hydrogen (secondary N) is 1. The summed E-state index contributed by atoms with van der Waals surface area (Å²) in [6, 6.07) is 14.1. The summed E-state index contributed by atoms with van der Waals surface area (Å²) in [5.74, 6) is 0.365. The molecule has 0 radical (unpaired) electrons. The van der Waals surface area contributed by atoms with Gasteiger partial charge in [0.15, 0.2) is 11.5 Å². The molecule has 0 saturated heterocycles. The first kappa shape index (κ1) is 23.7. The van der Waals surface area contributed by atoms with Crippen molar-refractivity contribution < 1.29 is 28.9 Å². The van der Waals surface area contributed by atoms with Crippen LogP contribution in [-0.4, -0.2) is 36.2 Å². The Morgan fingerprint density at radius 1 is 0.882 bits per heavy atom. The number of non-ortho nitro benzene ring substituents is 1. The van der Waals surface area contributed by atoms with Gasteiger partial charge in [-0.05, 0) is 54.1 Å². The summed E-state index contributed by atoms with van der Waals surface area (Å²) >= 11 is 0. The molecule has 174 valence electrons. The van der Waals surface area contributed by atoms with Crippen molar-refractivity contribution in [2.24, 2.45) is 5.10 Å². The maximum Gasteiger partial charge on any atom is 0.318 e. The van der Waals surface area contributed by atoms with Gasteiger partial charge in [0, 0.05) is 11.6 Å². The number of nitrogens with zero attached hydrogens (tertiary/aromatic N) is 3. The van der Waals surface area contributed by atoms with E-state index in [9.17, 15) is 25.0 Å². The van der Waals surface area contributed by atoms with Crippen LogP contribution in [0.1, 0.15) is 15.9 Å². The monoisotopic (exact) mass is 466 g/mol. The van der Waals surface area contributed by atoms with Gasteiger partial charge in [-0.3, -0.25) is 25.0 Å². The van der Waals surface area contributed by atoms with E-state index in [-0.39, 0.29) is 17.2 Å². The number of carbonyl (C=O) groups excluding carboxylic acids is 1. The quantitative estimate of drug-likeness (QED) is 0.281. The van der Waals surface area contributed by atoms with Gasteiger partial charge in [-0.2, -0.15) is 5.10 Å². The van der Waals surface area contributed by atoms with Gasteiger partial charge in [-0.25, -0.2) is 5.43 Å². The second-order valence-corrected chi connectivity index (χ2v) is 6.61. The fraction of sp³-hybridized carbons (Fsp3) is 0.0909. The first-order chi connectivity index (χ1) is 16.3. The van der Waals surface area contributed by atoms with Crippen molar-refractivity contribution in [1.29, 1.82) is 0 Å². The van der Waals surface area contributed by atoms with E-state index in [0.29, 0.717) is 16.9 Å². The highest BCUT2D eigenvalue weighted by Gasteiger charge is 2.22. The number of nitro benzene ring substituents is 2. The molecule has 12 nitrogen and oxygen atoms in total. The Balaban J connectivity index is 1.75. The van der Waals surface area contributed by atoms with Crippen LogP contribution in [0.3, 0.4) is 0 Å². The third kappa shape index (κ3) is 5.62. The smallest absolute Gasteiger partial charge is 0.318 e. The third-order valence-corrected chi connectivity index (χ3v) is 4.49. The minimum atomic E-state index is -0.776. The minimum absolute atomic E-state index is 0.138. The Bertz CT molecular complexity index is 1260. The van der Waals surface area contributed by atoms with E-state index < -0.39 is 27.1 Å². The van der Waals surface area contributed by atoms with Gasteiger partial charge >= 0.3 is 5.69 Å². The standard InChI is InChI=1S/C22H18N4O8/c1-32-17-7-4-15(5-8-17)22(27)24-23-13-14-3-9-20(21(11-14)33-2)34-19-10-6-16(25(28)29)12-18(19)26(30)31/h3-13H,1-2H3,(H,24,27). The molecule has 0 unspecified atom stereocenters. The third-order valence-electron chi connectivity index (χ3n) is 4.49. The van der Waals surface area contributed by atoms with Crippen molar-refractivity contribution >= 4 is 23.5 Å². The van der Waals surface area contributed by atoms with Crippen molar-refractivity contribution in [3.8, 4) is 23.0 Å². The highest BCUT2D eigenvalue weighted by Crippen LogP contribution is 2.38. The van der Waals surface area contributed by atoms with Crippen LogP contribution in [0.15, 0.2) is 65.8 Å². The van der Waals surface area contributed by atoms with Crippen LogP contribution in [0.5, 0.6) is 23.0 Å². The van der Waals surface area contributed by atoms with Crippen LogP contribution >= 0.6 is 0 Å². The molecular weight excluding hydrogens is 448 g/mol. The molecule has 0 saturated carbocycles. The number of amides is 1. The lowest BCUT2D eigenvalue weighted by Crippen LogP contribution is -2.17. The summed E-state index contributed by atoms with van der Waals surface area (Å²) in [5, 5.41) is 26.1. The summed E-state index contributed by atoms with van der Waals surface area (Å²) in [4.78, 5) is 32.9. The average molecular weight is 466 g/mol. The molecule has 0 aliphatic rings. The van der Waals surface area contributed by atoms with Crippen LogP contribution in [-0.2, 0) is 0 Å². The zero-order valence-electron chi connectivity index (χ0n) is 18.0. The normalized spacial score (nSPS) is 10.5. The molecule has 0 aromatic heterocycles. The molecule has 3 rings (SSSR count). The molecule has 12 heteroatoms. The van der Waals surface area contributed by atoms with Gasteiger partial charge in [0.05, 0.1) is 36.3 Å². The zero-order valence-corrected chi connectivity index (χ0v) is 18.0. The number of nitro groups is 2. The molecule has 34 heavy (non-hydrogen) atoms. The summed E-state index contributed by atoms with van der Waals surface area (Å²) in [5.41, 5.74) is 2.33. The van der Waals surface area contributed by atoms with E-state index in [1.165, 1.54) is 32.6 Å². The Morgan fingerprint density at radius 3 is 2.21 bits per heavy atom. The molecule has 0 atom stereocenters. The maximum absolute atomic E-state index is 12.2. The van der Waals surface area contributed by atoms with Crippen LogP contribution in [0.2, 0.25) is 0 Å². The number of rotatable bonds is 9. The number of hydrogen-bond acceptors (Lipinski definition) is 9. The molecule has 3 aromatic rings. The summed E-state index contributed by atoms with van der Waals surface area (Å²) < 4.78 is 15.9. The van der Waals surface area contributed by atoms with E-state index in [2.05, 4.69) is 10.5 Å². The predicted molar refractivity (Wildman–Crippen MR) is 121 cm³/mol. The highest BCUT2D eigenvalue weighted by molar-refractivity contribution is 5.95. The largest absolute Gasteiger partial charge is 0.497 e. The lowest BCUT2D eigenvalue weighted by molar-refractivity contribution is -0.394. The Labute approximate surface area is 192 Å². The number of methoxy groups -OCH3 is 2. The van der Waals surface area contributed by atoms with Gasteiger partial charge in [-0.15, -0.1) is 0 Å². The van der Waals surface area contributed by atoms with Crippen molar-refractivity contribution in [3.63, 3.8) is 0 Å². The fourth-order valence-electron chi connectivity index (χ4n) is 2.79. The van der Waals surface area contributed by atoms with Gasteiger partial charge in [-0.1, -0.05) is 0 Å². The van der Waals surface area contributed by atoms with Crippen LogP contribution in [0.25, 0.3) is 0 Å². The van der Waals surface area contributed by atoms with Crippen molar-refractivity contribution in [2.75, 3.05) is 14.2 Å². The number of carbonyl (C=O) groups is 1. The molecule has 0 fully saturated rings. The predicted octanol–water partition coefficient (Wildman–Crippen LogP) is 4.08. The molecule has 0 heterocycles. The molecule has 0 aliphatic heterocycles. The van der Waals surface area contributed by atoms with Gasteiger partial charge in [0.1, 0.15) is 5.75 Å². The van der Waals surface area contributed by atoms with Crippen molar-refractivity contribution in [3.05, 3.63) is 92.0 Å². The van der Waals surface area contributed by atoms with E-state index in [4.69, 9.17) is 14.2 Å². The van der Waals surface area contributed by atoms with Crippen LogP contribution in [0.4, 0.5) is 11.4 Å². The van der Waals surface area contributed by atoms with Gasteiger partial charge in [0.2, 0.25) is 5.75 Å². The molecular formula is C22H18N4O8. The zero-order chi connectivity index (χ0) is 24.7. The topological polar surface area (TPSA) is 155 Å². The van der Waals surface area contributed by atoms with E-state index in [0.717, 1.165) is 18.2 Å². The summed E-state index contributed by atoms with van der Waals surface area (Å²) in [7, 11) is 2.90. The number of hydrazone groups is 1. The van der Waals surface area contributed by atoms with Gasteiger partial charge < -0.3 is 14.2 Å². The lowest BCUT2D eigenvalue weighted by atomic mass is 10.2. The number of ether oxygens (including phenoxy) is 3. The average Bonchev–Trinajstić information content (AvgIpc) is 2.84. The number of benzene rings is 3. The van der Waals surface area contributed by atoms with Crippen LogP contribution < -0.4 is 19.6 Å². The van der Waals surface area contributed by atoms with Crippen molar-refractivity contribution in [2.45, 2.75) is 0 Å². The van der Waals surface area contributed by atoms with E-state index in [1.54, 1.807) is 30.3 Å². The second-order valence-electron chi connectivity index (χ2n) is 6.61. The van der Waals surface area contributed by atoms with Gasteiger partial charge in [0.25, 0.3) is 11.6 Å².